The Bertz CT molecular complexity index is 1140. The van der Waals surface area contributed by atoms with Crippen LogP contribution in [0.25, 0.3) is 22.7 Å². The molecule has 0 bridgehead atoms. The third kappa shape index (κ3) is 1.86. The lowest BCUT2D eigenvalue weighted by Crippen LogP contribution is -2.46. The highest BCUT2D eigenvalue weighted by Crippen LogP contribution is 2.36. The van der Waals surface area contributed by atoms with Gasteiger partial charge in [0, 0.05) is 0 Å². The summed E-state index contributed by atoms with van der Waals surface area (Å²) in [5, 5.41) is 0.538. The second-order valence-electron chi connectivity index (χ2n) is 6.46. The van der Waals surface area contributed by atoms with Gasteiger partial charge in [0.2, 0.25) is 5.91 Å². The standard InChI is InChI=1S/C20H15N3O2/c1-12-19(24)22-11-14-7-3-2-6-13(14)10-17(22)18-21-16-9-5-4-8-15(16)20(25)23(12)18/h2-10,12H,11H2,1H3/t12-/m0/s1. The number of fused-ring (bicyclic) bond motifs is 5. The Morgan fingerprint density at radius 2 is 1.80 bits per heavy atom. The minimum absolute atomic E-state index is 0.0764. The Labute approximate surface area is 143 Å². The van der Waals surface area contributed by atoms with E-state index in [0.29, 0.717) is 29.0 Å². The van der Waals surface area contributed by atoms with Gasteiger partial charge < -0.3 is 4.90 Å². The molecule has 2 aliphatic rings. The van der Waals surface area contributed by atoms with Gasteiger partial charge in [-0.25, -0.2) is 4.98 Å². The predicted octanol–water partition coefficient (Wildman–Crippen LogP) is 2.81. The van der Waals surface area contributed by atoms with Crippen LogP contribution in [-0.2, 0) is 11.3 Å². The molecule has 5 heteroatoms. The number of carbonyl (C=O) groups excluding carboxylic acids is 1. The number of carbonyl (C=O) groups is 1. The molecule has 0 spiro atoms. The molecule has 0 unspecified atom stereocenters. The van der Waals surface area contributed by atoms with Crippen LogP contribution in [-0.4, -0.2) is 20.4 Å². The number of aromatic nitrogens is 2. The van der Waals surface area contributed by atoms with Gasteiger partial charge in [0.05, 0.1) is 23.1 Å². The number of hydrogen-bond acceptors (Lipinski definition) is 3. The average Bonchev–Trinajstić information content (AvgIpc) is 2.65. The normalized spacial score (nSPS) is 18.4. The summed E-state index contributed by atoms with van der Waals surface area (Å²) >= 11 is 0. The van der Waals surface area contributed by atoms with Crippen molar-refractivity contribution in [3.63, 3.8) is 0 Å². The number of para-hydroxylation sites is 1. The van der Waals surface area contributed by atoms with Crippen LogP contribution in [0.2, 0.25) is 0 Å². The SMILES string of the molecule is C[C@H]1C(=O)N2Cc3ccccc3C=C2c2nc3ccccc3c(=O)n21. The Morgan fingerprint density at radius 1 is 1.04 bits per heavy atom. The molecule has 0 radical (unpaired) electrons. The van der Waals surface area contributed by atoms with Crippen molar-refractivity contribution >= 4 is 28.6 Å². The summed E-state index contributed by atoms with van der Waals surface area (Å²) in [6.07, 6.45) is 1.95. The molecule has 0 saturated heterocycles. The summed E-state index contributed by atoms with van der Waals surface area (Å²) in [6, 6.07) is 14.7. The third-order valence-corrected chi connectivity index (χ3v) is 5.01. The Hall–Kier alpha value is -3.21. The molecular formula is C20H15N3O2. The fourth-order valence-corrected chi connectivity index (χ4v) is 3.70. The summed E-state index contributed by atoms with van der Waals surface area (Å²) in [4.78, 5) is 32.4. The summed E-state index contributed by atoms with van der Waals surface area (Å²) in [5.41, 5.74) is 3.35. The maximum atomic E-state index is 13.0. The highest BCUT2D eigenvalue weighted by Gasteiger charge is 2.37. The minimum atomic E-state index is -0.568. The Morgan fingerprint density at radius 3 is 2.68 bits per heavy atom. The highest BCUT2D eigenvalue weighted by atomic mass is 16.2. The lowest BCUT2D eigenvalue weighted by molar-refractivity contribution is -0.132. The van der Waals surface area contributed by atoms with Crippen molar-refractivity contribution in [2.24, 2.45) is 0 Å². The summed E-state index contributed by atoms with van der Waals surface area (Å²) in [7, 11) is 0. The van der Waals surface area contributed by atoms with E-state index in [1.807, 2.05) is 48.5 Å². The molecule has 25 heavy (non-hydrogen) atoms. The molecule has 5 rings (SSSR count). The average molecular weight is 329 g/mol. The van der Waals surface area contributed by atoms with Gasteiger partial charge in [0.15, 0.2) is 5.82 Å². The molecule has 0 aliphatic carbocycles. The van der Waals surface area contributed by atoms with Crippen molar-refractivity contribution in [3.8, 4) is 0 Å². The lowest BCUT2D eigenvalue weighted by Gasteiger charge is -2.37. The van der Waals surface area contributed by atoms with Crippen molar-refractivity contribution in [2.75, 3.05) is 0 Å². The number of benzene rings is 2. The Kier molecular flexibility index (Phi) is 2.77. The molecule has 3 heterocycles. The van der Waals surface area contributed by atoms with Crippen LogP contribution < -0.4 is 5.56 Å². The van der Waals surface area contributed by atoms with E-state index in [0.717, 1.165) is 11.1 Å². The van der Waals surface area contributed by atoms with Crippen LogP contribution in [0, 0.1) is 0 Å². The molecule has 1 amide bonds. The molecule has 3 aromatic rings. The summed E-state index contributed by atoms with van der Waals surface area (Å²) in [6.45, 7) is 2.27. The summed E-state index contributed by atoms with van der Waals surface area (Å²) < 4.78 is 1.53. The highest BCUT2D eigenvalue weighted by molar-refractivity contribution is 5.98. The first-order valence-electron chi connectivity index (χ1n) is 8.28. The molecule has 122 valence electrons. The van der Waals surface area contributed by atoms with Gasteiger partial charge in [-0.1, -0.05) is 36.4 Å². The van der Waals surface area contributed by atoms with E-state index in [2.05, 4.69) is 0 Å². The van der Waals surface area contributed by atoms with Gasteiger partial charge in [-0.05, 0) is 36.3 Å². The van der Waals surface area contributed by atoms with Crippen LogP contribution >= 0.6 is 0 Å². The molecular weight excluding hydrogens is 314 g/mol. The molecule has 2 aliphatic heterocycles. The van der Waals surface area contributed by atoms with E-state index in [9.17, 15) is 9.59 Å². The second-order valence-corrected chi connectivity index (χ2v) is 6.46. The molecule has 1 aromatic heterocycles. The van der Waals surface area contributed by atoms with Crippen LogP contribution in [0.3, 0.4) is 0 Å². The third-order valence-electron chi connectivity index (χ3n) is 5.01. The number of amides is 1. The second kappa shape index (κ2) is 4.89. The molecule has 0 N–H and O–H groups in total. The van der Waals surface area contributed by atoms with Crippen LogP contribution in [0.4, 0.5) is 0 Å². The van der Waals surface area contributed by atoms with Crippen LogP contribution in [0.15, 0.2) is 53.3 Å². The van der Waals surface area contributed by atoms with E-state index in [1.54, 1.807) is 17.9 Å². The van der Waals surface area contributed by atoms with E-state index < -0.39 is 6.04 Å². The van der Waals surface area contributed by atoms with Gasteiger partial charge in [-0.15, -0.1) is 0 Å². The first-order valence-corrected chi connectivity index (χ1v) is 8.28. The van der Waals surface area contributed by atoms with E-state index in [1.165, 1.54) is 4.57 Å². The van der Waals surface area contributed by atoms with Gasteiger partial charge >= 0.3 is 0 Å². The Balaban J connectivity index is 1.87. The smallest absolute Gasteiger partial charge is 0.262 e. The van der Waals surface area contributed by atoms with Crippen molar-refractivity contribution in [2.45, 2.75) is 19.5 Å². The molecule has 0 saturated carbocycles. The van der Waals surface area contributed by atoms with Crippen molar-refractivity contribution < 1.29 is 4.79 Å². The number of nitrogens with zero attached hydrogens (tertiary/aromatic N) is 3. The van der Waals surface area contributed by atoms with Crippen molar-refractivity contribution in [3.05, 3.63) is 75.8 Å². The van der Waals surface area contributed by atoms with Gasteiger partial charge in [-0.2, -0.15) is 0 Å². The van der Waals surface area contributed by atoms with E-state index in [4.69, 9.17) is 4.98 Å². The molecule has 1 atom stereocenters. The molecule has 5 nitrogen and oxygen atoms in total. The van der Waals surface area contributed by atoms with Crippen LogP contribution in [0.5, 0.6) is 0 Å². The van der Waals surface area contributed by atoms with E-state index >= 15 is 0 Å². The van der Waals surface area contributed by atoms with Crippen molar-refractivity contribution in [1.29, 1.82) is 0 Å². The monoisotopic (exact) mass is 329 g/mol. The first kappa shape index (κ1) is 14.2. The number of hydrogen-bond donors (Lipinski definition) is 0. The zero-order chi connectivity index (χ0) is 17.1. The molecule has 0 fully saturated rings. The topological polar surface area (TPSA) is 55.2 Å². The fraction of sp³-hybridized carbons (Fsp3) is 0.150. The first-order chi connectivity index (χ1) is 12.1. The largest absolute Gasteiger partial charge is 0.303 e. The van der Waals surface area contributed by atoms with Gasteiger partial charge in [-0.3, -0.25) is 14.2 Å². The number of rotatable bonds is 0. The fourth-order valence-electron chi connectivity index (χ4n) is 3.70. The zero-order valence-electron chi connectivity index (χ0n) is 13.6. The lowest BCUT2D eigenvalue weighted by atomic mass is 9.98. The maximum absolute atomic E-state index is 13.0. The summed E-state index contributed by atoms with van der Waals surface area (Å²) in [5.74, 6) is 0.484. The maximum Gasteiger partial charge on any atom is 0.262 e. The molecule has 2 aromatic carbocycles. The zero-order valence-corrected chi connectivity index (χ0v) is 13.6. The predicted molar refractivity (Wildman–Crippen MR) is 95.6 cm³/mol. The van der Waals surface area contributed by atoms with Crippen molar-refractivity contribution in [1.82, 2.24) is 14.5 Å². The van der Waals surface area contributed by atoms with Crippen LogP contribution in [0.1, 0.15) is 29.9 Å². The minimum Gasteiger partial charge on any atom is -0.303 e. The van der Waals surface area contributed by atoms with Gasteiger partial charge in [0.1, 0.15) is 6.04 Å². The van der Waals surface area contributed by atoms with Gasteiger partial charge in [0.25, 0.3) is 5.56 Å². The van der Waals surface area contributed by atoms with E-state index in [-0.39, 0.29) is 11.5 Å². The quantitative estimate of drug-likeness (QED) is 0.637.